The van der Waals surface area contributed by atoms with Gasteiger partial charge in [0.25, 0.3) is 0 Å². The van der Waals surface area contributed by atoms with Gasteiger partial charge in [-0.05, 0) is 31.7 Å². The van der Waals surface area contributed by atoms with Gasteiger partial charge in [0.2, 0.25) is 0 Å². The van der Waals surface area contributed by atoms with E-state index in [1.807, 2.05) is 11.3 Å². The lowest BCUT2D eigenvalue weighted by atomic mass is 10.2. The van der Waals surface area contributed by atoms with Gasteiger partial charge in [0.1, 0.15) is 0 Å². The molecule has 1 rings (SSSR count). The minimum absolute atomic E-state index is 0.327. The second kappa shape index (κ2) is 6.99. The van der Waals surface area contributed by atoms with Gasteiger partial charge in [-0.25, -0.2) is 0 Å². The zero-order valence-corrected chi connectivity index (χ0v) is 10.6. The highest BCUT2D eigenvalue weighted by Gasteiger charge is 2.08. The van der Waals surface area contributed by atoms with Crippen LogP contribution >= 0.6 is 11.3 Å². The molecule has 0 amide bonds. The Balaban J connectivity index is 2.23. The van der Waals surface area contributed by atoms with E-state index in [4.69, 9.17) is 4.74 Å². The summed E-state index contributed by atoms with van der Waals surface area (Å²) in [4.78, 5) is 1.42. The van der Waals surface area contributed by atoms with E-state index in [9.17, 15) is 0 Å². The summed E-state index contributed by atoms with van der Waals surface area (Å²) in [5.74, 6) is 0. The number of ether oxygens (including phenoxy) is 1. The van der Waals surface area contributed by atoms with Crippen molar-refractivity contribution in [3.05, 3.63) is 22.4 Å². The van der Waals surface area contributed by atoms with E-state index < -0.39 is 0 Å². The molecule has 1 aromatic rings. The van der Waals surface area contributed by atoms with Crippen molar-refractivity contribution in [3.63, 3.8) is 0 Å². The summed E-state index contributed by atoms with van der Waals surface area (Å²) in [6, 6.07) is 4.78. The summed E-state index contributed by atoms with van der Waals surface area (Å²) in [6.07, 6.45) is 1.45. The minimum Gasteiger partial charge on any atom is -0.377 e. The molecule has 0 bridgehead atoms. The van der Waals surface area contributed by atoms with Crippen LogP contribution in [-0.4, -0.2) is 19.3 Å². The Morgan fingerprint density at radius 1 is 1.47 bits per heavy atom. The summed E-state index contributed by atoms with van der Waals surface area (Å²) in [7, 11) is 0. The largest absolute Gasteiger partial charge is 0.377 e. The normalized spacial score (nSPS) is 13.3. The molecule has 1 heterocycles. The van der Waals surface area contributed by atoms with Crippen molar-refractivity contribution < 1.29 is 4.74 Å². The predicted octanol–water partition coefficient (Wildman–Crippen LogP) is 3.21. The van der Waals surface area contributed by atoms with Gasteiger partial charge >= 0.3 is 0 Å². The predicted molar refractivity (Wildman–Crippen MR) is 66.4 cm³/mol. The monoisotopic (exact) mass is 227 g/mol. The van der Waals surface area contributed by atoms with Crippen LogP contribution in [0.3, 0.4) is 0 Å². The zero-order chi connectivity index (χ0) is 11.1. The molecule has 3 heteroatoms. The maximum absolute atomic E-state index is 5.49. The second-order valence-electron chi connectivity index (χ2n) is 3.85. The molecule has 86 valence electrons. The number of nitrogens with one attached hydrogen (secondary N) is 1. The van der Waals surface area contributed by atoms with Crippen LogP contribution in [0.5, 0.6) is 0 Å². The molecular weight excluding hydrogens is 206 g/mol. The smallest absolute Gasteiger partial charge is 0.0594 e. The fraction of sp³-hybridized carbons (Fsp3) is 0.667. The van der Waals surface area contributed by atoms with Gasteiger partial charge in [0.05, 0.1) is 12.7 Å². The van der Waals surface area contributed by atoms with Gasteiger partial charge < -0.3 is 10.1 Å². The average Bonchev–Trinajstić information content (AvgIpc) is 2.70. The van der Waals surface area contributed by atoms with E-state index in [1.54, 1.807) is 0 Å². The first-order valence-corrected chi connectivity index (χ1v) is 6.50. The standard InChI is InChI=1S/C12H21NOS/c1-4-11(12-6-5-9-15-12)13-7-8-14-10(2)3/h5-6,9-11,13H,4,7-8H2,1-3H3. The molecule has 1 atom stereocenters. The van der Waals surface area contributed by atoms with E-state index in [1.165, 1.54) is 4.88 Å². The Kier molecular flexibility index (Phi) is 5.91. The topological polar surface area (TPSA) is 21.3 Å². The first-order valence-electron chi connectivity index (χ1n) is 5.62. The third-order valence-corrected chi connectivity index (χ3v) is 3.22. The van der Waals surface area contributed by atoms with E-state index in [0.717, 1.165) is 19.6 Å². The molecule has 1 aromatic heterocycles. The van der Waals surface area contributed by atoms with Crippen molar-refractivity contribution in [1.29, 1.82) is 0 Å². The van der Waals surface area contributed by atoms with Gasteiger partial charge in [0.15, 0.2) is 0 Å². The molecule has 1 N–H and O–H groups in total. The van der Waals surface area contributed by atoms with Gasteiger partial charge in [-0.3, -0.25) is 0 Å². The van der Waals surface area contributed by atoms with Crippen LogP contribution in [0.2, 0.25) is 0 Å². The Labute approximate surface area is 96.7 Å². The Hall–Kier alpha value is -0.380. The molecule has 1 unspecified atom stereocenters. The third kappa shape index (κ3) is 4.78. The third-order valence-electron chi connectivity index (χ3n) is 2.24. The molecule has 2 nitrogen and oxygen atoms in total. The Morgan fingerprint density at radius 2 is 2.27 bits per heavy atom. The van der Waals surface area contributed by atoms with Crippen LogP contribution in [0, 0.1) is 0 Å². The lowest BCUT2D eigenvalue weighted by Gasteiger charge is -2.16. The molecule has 0 saturated heterocycles. The van der Waals surface area contributed by atoms with E-state index >= 15 is 0 Å². The Bertz CT molecular complexity index is 246. The zero-order valence-electron chi connectivity index (χ0n) is 9.82. The maximum atomic E-state index is 5.49. The summed E-state index contributed by atoms with van der Waals surface area (Å²) >= 11 is 1.82. The number of hydrogen-bond acceptors (Lipinski definition) is 3. The maximum Gasteiger partial charge on any atom is 0.0594 e. The number of rotatable bonds is 7. The van der Waals surface area contributed by atoms with Crippen LogP contribution < -0.4 is 5.32 Å². The van der Waals surface area contributed by atoms with Crippen molar-refractivity contribution in [1.82, 2.24) is 5.32 Å². The van der Waals surface area contributed by atoms with Gasteiger partial charge in [0, 0.05) is 17.5 Å². The van der Waals surface area contributed by atoms with E-state index in [0.29, 0.717) is 12.1 Å². The summed E-state index contributed by atoms with van der Waals surface area (Å²) in [5.41, 5.74) is 0. The molecule has 0 aromatic carbocycles. The van der Waals surface area contributed by atoms with Crippen molar-refractivity contribution in [2.24, 2.45) is 0 Å². The van der Waals surface area contributed by atoms with Gasteiger partial charge in [-0.2, -0.15) is 0 Å². The molecule has 0 aliphatic heterocycles. The molecule has 15 heavy (non-hydrogen) atoms. The molecule has 0 aliphatic rings. The average molecular weight is 227 g/mol. The molecule has 0 spiro atoms. The summed E-state index contributed by atoms with van der Waals surface area (Å²) < 4.78 is 5.49. The summed E-state index contributed by atoms with van der Waals surface area (Å²) in [6.45, 7) is 8.06. The number of hydrogen-bond donors (Lipinski definition) is 1. The highest BCUT2D eigenvalue weighted by Crippen LogP contribution is 2.21. The minimum atomic E-state index is 0.327. The SMILES string of the molecule is CCC(NCCOC(C)C)c1cccs1. The van der Waals surface area contributed by atoms with Crippen molar-refractivity contribution in [3.8, 4) is 0 Å². The van der Waals surface area contributed by atoms with Crippen molar-refractivity contribution in [2.45, 2.75) is 39.3 Å². The second-order valence-corrected chi connectivity index (χ2v) is 4.83. The first-order chi connectivity index (χ1) is 7.24. The fourth-order valence-corrected chi connectivity index (χ4v) is 2.35. The fourth-order valence-electron chi connectivity index (χ4n) is 1.46. The lowest BCUT2D eigenvalue weighted by Crippen LogP contribution is -2.25. The number of thiophene rings is 1. The molecule has 0 saturated carbocycles. The molecular formula is C12H21NOS. The van der Waals surface area contributed by atoms with Crippen LogP contribution in [-0.2, 0) is 4.74 Å². The molecule has 0 aliphatic carbocycles. The Morgan fingerprint density at radius 3 is 2.80 bits per heavy atom. The van der Waals surface area contributed by atoms with Crippen LogP contribution in [0.1, 0.15) is 38.1 Å². The first kappa shape index (κ1) is 12.7. The highest BCUT2D eigenvalue weighted by atomic mass is 32.1. The quantitative estimate of drug-likeness (QED) is 0.722. The molecule has 0 radical (unpaired) electrons. The van der Waals surface area contributed by atoms with Crippen LogP contribution in [0.15, 0.2) is 17.5 Å². The van der Waals surface area contributed by atoms with Gasteiger partial charge in [-0.15, -0.1) is 11.3 Å². The van der Waals surface area contributed by atoms with Crippen molar-refractivity contribution >= 4 is 11.3 Å². The van der Waals surface area contributed by atoms with Gasteiger partial charge in [-0.1, -0.05) is 13.0 Å². The molecule has 0 fully saturated rings. The van der Waals surface area contributed by atoms with Crippen LogP contribution in [0.25, 0.3) is 0 Å². The van der Waals surface area contributed by atoms with Crippen molar-refractivity contribution in [2.75, 3.05) is 13.2 Å². The lowest BCUT2D eigenvalue weighted by molar-refractivity contribution is 0.0793. The van der Waals surface area contributed by atoms with Crippen LogP contribution in [0.4, 0.5) is 0 Å². The van der Waals surface area contributed by atoms with E-state index in [-0.39, 0.29) is 0 Å². The summed E-state index contributed by atoms with van der Waals surface area (Å²) in [5, 5.41) is 5.64. The highest BCUT2D eigenvalue weighted by molar-refractivity contribution is 7.10. The van der Waals surface area contributed by atoms with E-state index in [2.05, 4.69) is 43.6 Å².